The van der Waals surface area contributed by atoms with Crippen molar-refractivity contribution in [2.45, 2.75) is 58.1 Å². The highest BCUT2D eigenvalue weighted by atomic mass is 16.5. The third-order valence-electron chi connectivity index (χ3n) is 4.01. The topological polar surface area (TPSA) is 31.2 Å². The average molecular weight is 263 g/mol. The van der Waals surface area contributed by atoms with Gasteiger partial charge >= 0.3 is 0 Å². The zero-order valence-corrected chi connectivity index (χ0v) is 12.3. The van der Waals surface area contributed by atoms with Gasteiger partial charge in [-0.15, -0.1) is 0 Å². The van der Waals surface area contributed by atoms with Gasteiger partial charge in [0.2, 0.25) is 0 Å². The predicted molar refractivity (Wildman–Crippen MR) is 77.5 cm³/mol. The maximum atomic E-state index is 12.5. The SMILES string of the molecule is CO[C@H]1CCC[C@@H](n2cccc(CC(C)C)c2=O)C1. The van der Waals surface area contributed by atoms with Gasteiger partial charge in [-0.25, -0.2) is 0 Å². The molecule has 0 unspecified atom stereocenters. The van der Waals surface area contributed by atoms with Crippen LogP contribution in [0.2, 0.25) is 0 Å². The molecule has 0 aromatic carbocycles. The second-order valence-corrected chi connectivity index (χ2v) is 6.02. The normalized spacial score (nSPS) is 23.8. The first kappa shape index (κ1) is 14.3. The number of hydrogen-bond acceptors (Lipinski definition) is 2. The Kier molecular flexibility index (Phi) is 4.81. The summed E-state index contributed by atoms with van der Waals surface area (Å²) in [5, 5.41) is 0. The summed E-state index contributed by atoms with van der Waals surface area (Å²) in [5.41, 5.74) is 1.13. The number of nitrogens with zero attached hydrogens (tertiary/aromatic N) is 1. The van der Waals surface area contributed by atoms with Crippen LogP contribution in [0.4, 0.5) is 0 Å². The van der Waals surface area contributed by atoms with Crippen LogP contribution in [-0.4, -0.2) is 17.8 Å². The fourth-order valence-electron chi connectivity index (χ4n) is 3.03. The van der Waals surface area contributed by atoms with Crippen LogP contribution in [0.5, 0.6) is 0 Å². The van der Waals surface area contributed by atoms with Gasteiger partial charge in [0.1, 0.15) is 0 Å². The van der Waals surface area contributed by atoms with Crippen molar-refractivity contribution in [2.24, 2.45) is 5.92 Å². The van der Waals surface area contributed by atoms with Gasteiger partial charge in [0.15, 0.2) is 0 Å². The first-order valence-corrected chi connectivity index (χ1v) is 7.34. The number of rotatable bonds is 4. The Bertz CT molecular complexity index is 464. The summed E-state index contributed by atoms with van der Waals surface area (Å²) in [4.78, 5) is 12.5. The van der Waals surface area contributed by atoms with Gasteiger partial charge < -0.3 is 9.30 Å². The lowest BCUT2D eigenvalue weighted by molar-refractivity contribution is 0.0524. The van der Waals surface area contributed by atoms with Crippen molar-refractivity contribution in [3.05, 3.63) is 34.2 Å². The van der Waals surface area contributed by atoms with E-state index in [0.29, 0.717) is 18.1 Å². The Labute approximate surface area is 115 Å². The average Bonchev–Trinajstić information content (AvgIpc) is 2.41. The first-order valence-electron chi connectivity index (χ1n) is 7.34. The molecule has 3 nitrogen and oxygen atoms in total. The Balaban J connectivity index is 2.22. The van der Waals surface area contributed by atoms with Crippen LogP contribution < -0.4 is 5.56 Å². The quantitative estimate of drug-likeness (QED) is 0.835. The van der Waals surface area contributed by atoms with E-state index < -0.39 is 0 Å². The van der Waals surface area contributed by atoms with E-state index in [2.05, 4.69) is 13.8 Å². The molecular formula is C16H25NO2. The number of ether oxygens (including phenoxy) is 1. The van der Waals surface area contributed by atoms with Crippen molar-refractivity contribution in [2.75, 3.05) is 7.11 Å². The van der Waals surface area contributed by atoms with Crippen molar-refractivity contribution in [1.82, 2.24) is 4.57 Å². The second-order valence-electron chi connectivity index (χ2n) is 6.02. The summed E-state index contributed by atoms with van der Waals surface area (Å²) in [6.07, 6.45) is 7.41. The van der Waals surface area contributed by atoms with Crippen LogP contribution >= 0.6 is 0 Å². The lowest BCUT2D eigenvalue weighted by Crippen LogP contribution is -2.32. The molecule has 1 fully saturated rings. The molecule has 106 valence electrons. The van der Waals surface area contributed by atoms with E-state index >= 15 is 0 Å². The largest absolute Gasteiger partial charge is 0.381 e. The standard InChI is InChI=1S/C16H25NO2/c1-12(2)10-13-6-5-9-17(16(13)18)14-7-4-8-15(11-14)19-3/h5-6,9,12,14-15H,4,7-8,10-11H2,1-3H3/t14-,15+/m1/s1. The number of methoxy groups -OCH3 is 1. The van der Waals surface area contributed by atoms with E-state index in [9.17, 15) is 4.79 Å². The van der Waals surface area contributed by atoms with E-state index in [0.717, 1.165) is 37.7 Å². The molecular weight excluding hydrogens is 238 g/mol. The van der Waals surface area contributed by atoms with Crippen LogP contribution in [0.15, 0.2) is 23.1 Å². The van der Waals surface area contributed by atoms with E-state index in [1.54, 1.807) is 7.11 Å². The minimum atomic E-state index is 0.193. The molecule has 0 amide bonds. The third kappa shape index (κ3) is 3.47. The molecule has 2 rings (SSSR count). The van der Waals surface area contributed by atoms with Gasteiger partial charge in [-0.3, -0.25) is 4.79 Å². The van der Waals surface area contributed by atoms with Gasteiger partial charge in [0, 0.05) is 24.9 Å². The fourth-order valence-corrected chi connectivity index (χ4v) is 3.03. The van der Waals surface area contributed by atoms with Crippen LogP contribution in [0.1, 0.15) is 51.1 Å². The van der Waals surface area contributed by atoms with Crippen molar-refractivity contribution in [3.8, 4) is 0 Å². The van der Waals surface area contributed by atoms with E-state index in [4.69, 9.17) is 4.74 Å². The van der Waals surface area contributed by atoms with Crippen molar-refractivity contribution in [3.63, 3.8) is 0 Å². The summed E-state index contributed by atoms with van der Waals surface area (Å²) in [6, 6.07) is 4.28. The molecule has 1 aromatic heterocycles. The van der Waals surface area contributed by atoms with Crippen LogP contribution in [-0.2, 0) is 11.2 Å². The Morgan fingerprint density at radius 2 is 2.21 bits per heavy atom. The maximum absolute atomic E-state index is 12.5. The summed E-state index contributed by atoms with van der Waals surface area (Å²) in [6.45, 7) is 4.30. The predicted octanol–water partition coefficient (Wildman–Crippen LogP) is 3.18. The molecule has 0 spiro atoms. The molecule has 2 atom stereocenters. The molecule has 0 radical (unpaired) electrons. The first-order chi connectivity index (χ1) is 9.11. The Morgan fingerprint density at radius 1 is 1.42 bits per heavy atom. The van der Waals surface area contributed by atoms with Crippen molar-refractivity contribution in [1.29, 1.82) is 0 Å². The highest BCUT2D eigenvalue weighted by Crippen LogP contribution is 2.28. The monoisotopic (exact) mass is 263 g/mol. The number of hydrogen-bond donors (Lipinski definition) is 0. The van der Waals surface area contributed by atoms with Crippen molar-refractivity contribution >= 4 is 0 Å². The molecule has 0 bridgehead atoms. The molecule has 3 heteroatoms. The van der Waals surface area contributed by atoms with Crippen LogP contribution in [0.25, 0.3) is 0 Å². The summed E-state index contributed by atoms with van der Waals surface area (Å²) < 4.78 is 7.40. The highest BCUT2D eigenvalue weighted by Gasteiger charge is 2.23. The number of aromatic nitrogens is 1. The van der Waals surface area contributed by atoms with E-state index in [1.165, 1.54) is 0 Å². The molecule has 1 aliphatic rings. The van der Waals surface area contributed by atoms with Crippen LogP contribution in [0, 0.1) is 5.92 Å². The maximum Gasteiger partial charge on any atom is 0.253 e. The molecule has 1 saturated carbocycles. The van der Waals surface area contributed by atoms with Crippen LogP contribution in [0.3, 0.4) is 0 Å². The van der Waals surface area contributed by atoms with Gasteiger partial charge in [-0.1, -0.05) is 19.9 Å². The van der Waals surface area contributed by atoms with Gasteiger partial charge in [-0.05, 0) is 44.1 Å². The smallest absolute Gasteiger partial charge is 0.253 e. The summed E-state index contributed by atoms with van der Waals surface area (Å²) in [7, 11) is 1.77. The Morgan fingerprint density at radius 3 is 2.89 bits per heavy atom. The number of pyridine rings is 1. The minimum Gasteiger partial charge on any atom is -0.381 e. The summed E-state index contributed by atoms with van der Waals surface area (Å²) in [5.74, 6) is 0.515. The molecule has 1 heterocycles. The molecule has 0 aliphatic heterocycles. The molecule has 1 aliphatic carbocycles. The van der Waals surface area contributed by atoms with E-state index in [1.807, 2.05) is 22.9 Å². The zero-order chi connectivity index (χ0) is 13.8. The fraction of sp³-hybridized carbons (Fsp3) is 0.688. The minimum absolute atomic E-state index is 0.193. The lowest BCUT2D eigenvalue weighted by atomic mass is 9.92. The third-order valence-corrected chi connectivity index (χ3v) is 4.01. The van der Waals surface area contributed by atoms with Gasteiger partial charge in [-0.2, -0.15) is 0 Å². The highest BCUT2D eigenvalue weighted by molar-refractivity contribution is 5.12. The zero-order valence-electron chi connectivity index (χ0n) is 12.3. The summed E-state index contributed by atoms with van der Waals surface area (Å²) >= 11 is 0. The molecule has 0 N–H and O–H groups in total. The second kappa shape index (κ2) is 6.38. The van der Waals surface area contributed by atoms with Gasteiger partial charge in [0.05, 0.1) is 6.10 Å². The lowest BCUT2D eigenvalue weighted by Gasteiger charge is -2.29. The van der Waals surface area contributed by atoms with E-state index in [-0.39, 0.29) is 5.56 Å². The Hall–Kier alpha value is -1.09. The molecule has 19 heavy (non-hydrogen) atoms. The van der Waals surface area contributed by atoms with Gasteiger partial charge in [0.25, 0.3) is 5.56 Å². The molecule has 0 saturated heterocycles. The van der Waals surface area contributed by atoms with Crippen molar-refractivity contribution < 1.29 is 4.74 Å². The molecule has 1 aromatic rings.